The maximum atomic E-state index is 13.9. The predicted molar refractivity (Wildman–Crippen MR) is 156 cm³/mol. The molecule has 0 N–H and O–H groups in total. The predicted octanol–water partition coefficient (Wildman–Crippen LogP) is 5.82. The Hall–Kier alpha value is -3.55. The molecule has 5 rings (SSSR count). The minimum Gasteiger partial charge on any atom is -0.463 e. The summed E-state index contributed by atoms with van der Waals surface area (Å²) in [5.41, 5.74) is 4.41. The van der Waals surface area contributed by atoms with E-state index in [0.29, 0.717) is 26.5 Å². The number of nitrogens with zero attached hydrogens (tertiary/aromatic N) is 2. The van der Waals surface area contributed by atoms with Crippen molar-refractivity contribution in [1.82, 2.24) is 4.57 Å². The number of carbonyl (C=O) groups excluding carboxylic acids is 1. The van der Waals surface area contributed by atoms with Crippen molar-refractivity contribution < 1.29 is 9.53 Å². The lowest BCUT2D eigenvalue weighted by molar-refractivity contribution is -0.138. The van der Waals surface area contributed by atoms with Crippen molar-refractivity contribution in [2.75, 3.05) is 6.61 Å². The fraction of sp³-hybridized carbons (Fsp3) is 0.194. The van der Waals surface area contributed by atoms with Gasteiger partial charge in [0.15, 0.2) is 4.80 Å². The number of benzene rings is 3. The third-order valence-corrected chi connectivity index (χ3v) is 7.97. The van der Waals surface area contributed by atoms with E-state index in [9.17, 15) is 9.59 Å². The van der Waals surface area contributed by atoms with Gasteiger partial charge in [-0.2, -0.15) is 0 Å². The van der Waals surface area contributed by atoms with Crippen LogP contribution in [0.1, 0.15) is 55.0 Å². The molecule has 192 valence electrons. The molecule has 0 fully saturated rings. The van der Waals surface area contributed by atoms with E-state index in [4.69, 9.17) is 9.73 Å². The van der Waals surface area contributed by atoms with Gasteiger partial charge >= 0.3 is 5.97 Å². The standard InChI is InChI=1S/C31H27BrN2O3S/c1-4-37-30(36)26-27(22-8-6-5-7-9-22)33-31-34(28(26)23-14-12-21(13-15-23)19(2)3)29(35)25(38-31)18-20-10-16-24(32)17-11-20/h5-19,28H,4H2,1-3H3/b25-18-/t28-/m0/s1. The molecule has 7 heteroatoms. The molecule has 5 nitrogen and oxygen atoms in total. The van der Waals surface area contributed by atoms with E-state index in [2.05, 4.69) is 41.9 Å². The van der Waals surface area contributed by atoms with Gasteiger partial charge in [-0.25, -0.2) is 9.79 Å². The summed E-state index contributed by atoms with van der Waals surface area (Å²) in [6.07, 6.45) is 1.87. The molecule has 1 aliphatic rings. The summed E-state index contributed by atoms with van der Waals surface area (Å²) in [5.74, 6) is -0.118. The lowest BCUT2D eigenvalue weighted by Crippen LogP contribution is -2.40. The van der Waals surface area contributed by atoms with Gasteiger partial charge in [-0.3, -0.25) is 9.36 Å². The highest BCUT2D eigenvalue weighted by Gasteiger charge is 2.35. The topological polar surface area (TPSA) is 60.7 Å². The van der Waals surface area contributed by atoms with E-state index in [1.807, 2.05) is 72.8 Å². The van der Waals surface area contributed by atoms with Crippen LogP contribution in [0.5, 0.6) is 0 Å². The summed E-state index contributed by atoms with van der Waals surface area (Å²) in [4.78, 5) is 32.9. The summed E-state index contributed by atoms with van der Waals surface area (Å²) in [5, 5.41) is 0. The Labute approximate surface area is 233 Å². The largest absolute Gasteiger partial charge is 0.463 e. The Morgan fingerprint density at radius 3 is 2.37 bits per heavy atom. The molecule has 1 aromatic heterocycles. The number of halogens is 1. The first-order valence-electron chi connectivity index (χ1n) is 12.5. The zero-order valence-corrected chi connectivity index (χ0v) is 23.8. The molecule has 38 heavy (non-hydrogen) atoms. The van der Waals surface area contributed by atoms with Crippen LogP contribution in [0, 0.1) is 0 Å². The monoisotopic (exact) mass is 586 g/mol. The van der Waals surface area contributed by atoms with Gasteiger partial charge in [0.05, 0.1) is 28.5 Å². The number of rotatable bonds is 6. The summed E-state index contributed by atoms with van der Waals surface area (Å²) in [7, 11) is 0. The van der Waals surface area contributed by atoms with Gasteiger partial charge in [0, 0.05) is 10.0 Å². The van der Waals surface area contributed by atoms with Crippen LogP contribution in [0.4, 0.5) is 0 Å². The van der Waals surface area contributed by atoms with Gasteiger partial charge in [0.25, 0.3) is 5.56 Å². The number of hydrogen-bond donors (Lipinski definition) is 0. The number of hydrogen-bond acceptors (Lipinski definition) is 5. The van der Waals surface area contributed by atoms with Gasteiger partial charge in [-0.1, -0.05) is 108 Å². The molecule has 0 spiro atoms. The highest BCUT2D eigenvalue weighted by molar-refractivity contribution is 9.10. The van der Waals surface area contributed by atoms with Crippen molar-refractivity contribution in [3.05, 3.63) is 131 Å². The van der Waals surface area contributed by atoms with E-state index >= 15 is 0 Å². The first-order valence-corrected chi connectivity index (χ1v) is 14.1. The van der Waals surface area contributed by atoms with Gasteiger partial charge in [0.2, 0.25) is 0 Å². The second-order valence-electron chi connectivity index (χ2n) is 9.30. The first kappa shape index (κ1) is 26.1. The van der Waals surface area contributed by atoms with Crippen LogP contribution < -0.4 is 14.9 Å². The molecule has 0 aliphatic carbocycles. The van der Waals surface area contributed by atoms with Crippen LogP contribution in [0.3, 0.4) is 0 Å². The summed E-state index contributed by atoms with van der Waals surface area (Å²) in [6.45, 7) is 6.27. The molecular weight excluding hydrogens is 560 g/mol. The Bertz CT molecular complexity index is 1680. The molecule has 4 aromatic rings. The first-order chi connectivity index (χ1) is 18.4. The van der Waals surface area contributed by atoms with E-state index in [-0.39, 0.29) is 12.2 Å². The molecule has 1 atom stereocenters. The fourth-order valence-corrected chi connectivity index (χ4v) is 5.79. The molecule has 0 unspecified atom stereocenters. The number of fused-ring (bicyclic) bond motifs is 1. The quantitative estimate of drug-likeness (QED) is 0.267. The average molecular weight is 588 g/mol. The summed E-state index contributed by atoms with van der Waals surface area (Å²) in [6, 6.07) is 24.8. The van der Waals surface area contributed by atoms with E-state index < -0.39 is 12.0 Å². The SMILES string of the molecule is CCOC(=O)C1=C(c2ccccc2)N=c2s/c(=C\c3ccc(Br)cc3)c(=O)n2[C@H]1c1ccc(C(C)C)cc1. The van der Waals surface area contributed by atoms with Crippen LogP contribution in [-0.4, -0.2) is 17.1 Å². The lowest BCUT2D eigenvalue weighted by atomic mass is 9.91. The lowest BCUT2D eigenvalue weighted by Gasteiger charge is -2.26. The minimum absolute atomic E-state index is 0.191. The van der Waals surface area contributed by atoms with Crippen molar-refractivity contribution in [2.45, 2.75) is 32.7 Å². The average Bonchev–Trinajstić information content (AvgIpc) is 3.24. The Morgan fingerprint density at radius 2 is 1.74 bits per heavy atom. The Morgan fingerprint density at radius 1 is 1.05 bits per heavy atom. The van der Waals surface area contributed by atoms with E-state index in [0.717, 1.165) is 21.2 Å². The second-order valence-corrected chi connectivity index (χ2v) is 11.2. The van der Waals surface area contributed by atoms with Crippen LogP contribution in [-0.2, 0) is 9.53 Å². The molecule has 0 bridgehead atoms. The van der Waals surface area contributed by atoms with E-state index in [1.54, 1.807) is 11.5 Å². The second kappa shape index (κ2) is 11.1. The van der Waals surface area contributed by atoms with Crippen molar-refractivity contribution in [3.8, 4) is 0 Å². The number of thiazole rings is 1. The van der Waals surface area contributed by atoms with Gasteiger partial charge in [-0.15, -0.1) is 0 Å². The molecule has 1 aliphatic heterocycles. The Balaban J connectivity index is 1.81. The molecule has 0 amide bonds. The number of esters is 1. The number of ether oxygens (including phenoxy) is 1. The molecule has 0 saturated carbocycles. The third-order valence-electron chi connectivity index (χ3n) is 6.46. The smallest absolute Gasteiger partial charge is 0.338 e. The molecule has 0 saturated heterocycles. The Kier molecular flexibility index (Phi) is 7.58. The zero-order chi connectivity index (χ0) is 26.8. The maximum absolute atomic E-state index is 13.9. The van der Waals surface area contributed by atoms with Crippen molar-refractivity contribution >= 4 is 45.0 Å². The maximum Gasteiger partial charge on any atom is 0.338 e. The van der Waals surface area contributed by atoms with Crippen LogP contribution >= 0.6 is 27.3 Å². The van der Waals surface area contributed by atoms with Crippen molar-refractivity contribution in [1.29, 1.82) is 0 Å². The normalized spacial score (nSPS) is 15.4. The highest BCUT2D eigenvalue weighted by atomic mass is 79.9. The van der Waals surface area contributed by atoms with Crippen molar-refractivity contribution in [2.24, 2.45) is 4.99 Å². The van der Waals surface area contributed by atoms with Crippen LogP contribution in [0.15, 0.2) is 98.7 Å². The highest BCUT2D eigenvalue weighted by Crippen LogP contribution is 2.35. The van der Waals surface area contributed by atoms with Gasteiger partial charge < -0.3 is 4.74 Å². The van der Waals surface area contributed by atoms with Crippen LogP contribution in [0.25, 0.3) is 11.8 Å². The van der Waals surface area contributed by atoms with E-state index in [1.165, 1.54) is 16.9 Å². The molecule has 3 aromatic carbocycles. The zero-order valence-electron chi connectivity index (χ0n) is 21.4. The van der Waals surface area contributed by atoms with Crippen molar-refractivity contribution in [3.63, 3.8) is 0 Å². The van der Waals surface area contributed by atoms with Crippen LogP contribution in [0.2, 0.25) is 0 Å². The molecular formula is C31H27BrN2O3S. The number of aromatic nitrogens is 1. The fourth-order valence-electron chi connectivity index (χ4n) is 4.53. The molecule has 2 heterocycles. The number of carbonyl (C=O) groups is 1. The molecule has 0 radical (unpaired) electrons. The van der Waals surface area contributed by atoms with Gasteiger partial charge in [-0.05, 0) is 47.7 Å². The third kappa shape index (κ3) is 5.08. The van der Waals surface area contributed by atoms with Gasteiger partial charge in [0.1, 0.15) is 0 Å². The summed E-state index contributed by atoms with van der Waals surface area (Å²) < 4.78 is 8.69. The minimum atomic E-state index is -0.672. The summed E-state index contributed by atoms with van der Waals surface area (Å²) >= 11 is 4.78.